The number of ketones is 1. The molecule has 1 aliphatic carbocycles. The molecule has 3 heteroatoms. The predicted octanol–water partition coefficient (Wildman–Crippen LogP) is 2.00. The van der Waals surface area contributed by atoms with E-state index in [9.17, 15) is 9.18 Å². The fourth-order valence-corrected chi connectivity index (χ4v) is 1.65. The largest absolute Gasteiger partial charge is 0.307 e. The summed E-state index contributed by atoms with van der Waals surface area (Å²) in [6.07, 6.45) is 2.67. The van der Waals surface area contributed by atoms with E-state index in [0.29, 0.717) is 19.0 Å². The Balaban J connectivity index is 1.91. The van der Waals surface area contributed by atoms with E-state index in [0.717, 1.165) is 11.1 Å². The predicted molar refractivity (Wildman–Crippen MR) is 60.9 cm³/mol. The van der Waals surface area contributed by atoms with Crippen molar-refractivity contribution >= 4 is 5.78 Å². The molecule has 1 aromatic rings. The van der Waals surface area contributed by atoms with E-state index in [1.165, 1.54) is 25.0 Å². The lowest BCUT2D eigenvalue weighted by atomic mass is 10.0. The van der Waals surface area contributed by atoms with Crippen molar-refractivity contribution in [1.29, 1.82) is 0 Å². The Morgan fingerprint density at radius 1 is 1.50 bits per heavy atom. The molecule has 16 heavy (non-hydrogen) atoms. The topological polar surface area (TPSA) is 29.1 Å². The molecule has 0 aliphatic heterocycles. The van der Waals surface area contributed by atoms with Gasteiger partial charge in [0.25, 0.3) is 0 Å². The van der Waals surface area contributed by atoms with Gasteiger partial charge < -0.3 is 5.32 Å². The molecular weight excluding hydrogens is 205 g/mol. The van der Waals surface area contributed by atoms with Crippen LogP contribution in [0.5, 0.6) is 0 Å². The summed E-state index contributed by atoms with van der Waals surface area (Å²) in [5.41, 5.74) is 1.77. The van der Waals surface area contributed by atoms with E-state index >= 15 is 0 Å². The first-order valence-corrected chi connectivity index (χ1v) is 5.65. The number of nitrogens with one attached hydrogen (secondary N) is 1. The second-order valence-electron chi connectivity index (χ2n) is 4.44. The minimum Gasteiger partial charge on any atom is -0.307 e. The summed E-state index contributed by atoms with van der Waals surface area (Å²) < 4.78 is 13.0. The zero-order valence-electron chi connectivity index (χ0n) is 9.42. The van der Waals surface area contributed by atoms with Crippen LogP contribution in [0.25, 0.3) is 0 Å². The first kappa shape index (κ1) is 11.3. The van der Waals surface area contributed by atoms with Crippen LogP contribution in [0.1, 0.15) is 24.0 Å². The van der Waals surface area contributed by atoms with Crippen molar-refractivity contribution in [3.8, 4) is 0 Å². The summed E-state index contributed by atoms with van der Waals surface area (Å²) in [5.74, 6) is -0.149. The van der Waals surface area contributed by atoms with Gasteiger partial charge in [-0.25, -0.2) is 4.39 Å². The lowest BCUT2D eigenvalue weighted by molar-refractivity contribution is -0.117. The lowest BCUT2D eigenvalue weighted by Crippen LogP contribution is -2.26. The van der Waals surface area contributed by atoms with Crippen LogP contribution in [0.4, 0.5) is 4.39 Å². The summed E-state index contributed by atoms with van der Waals surface area (Å²) in [7, 11) is 0. The van der Waals surface area contributed by atoms with Crippen LogP contribution in [-0.4, -0.2) is 18.4 Å². The Morgan fingerprint density at radius 2 is 2.25 bits per heavy atom. The quantitative estimate of drug-likeness (QED) is 0.824. The van der Waals surface area contributed by atoms with Crippen molar-refractivity contribution < 1.29 is 9.18 Å². The standard InChI is InChI=1S/C13H16FNO/c1-9-2-3-11(14)6-10(9)7-13(16)8-15-12-4-5-12/h2-3,6,12,15H,4-5,7-8H2,1H3. The Hall–Kier alpha value is -1.22. The van der Waals surface area contributed by atoms with Gasteiger partial charge in [-0.05, 0) is 43.0 Å². The van der Waals surface area contributed by atoms with Crippen molar-refractivity contribution in [2.75, 3.05) is 6.54 Å². The molecule has 0 bridgehead atoms. The molecule has 0 amide bonds. The Bertz CT molecular complexity index is 399. The molecule has 0 spiro atoms. The van der Waals surface area contributed by atoms with Crippen LogP contribution in [0.3, 0.4) is 0 Å². The highest BCUT2D eigenvalue weighted by Crippen LogP contribution is 2.18. The van der Waals surface area contributed by atoms with Crippen LogP contribution in [0.2, 0.25) is 0 Å². The lowest BCUT2D eigenvalue weighted by Gasteiger charge is -2.06. The van der Waals surface area contributed by atoms with Gasteiger partial charge in [0, 0.05) is 12.5 Å². The third-order valence-corrected chi connectivity index (χ3v) is 2.86. The second-order valence-corrected chi connectivity index (χ2v) is 4.44. The monoisotopic (exact) mass is 221 g/mol. The van der Waals surface area contributed by atoms with Gasteiger partial charge in [-0.2, -0.15) is 0 Å². The third-order valence-electron chi connectivity index (χ3n) is 2.86. The number of hydrogen-bond acceptors (Lipinski definition) is 2. The van der Waals surface area contributed by atoms with Gasteiger partial charge in [-0.3, -0.25) is 4.79 Å². The van der Waals surface area contributed by atoms with Crippen molar-refractivity contribution in [3.63, 3.8) is 0 Å². The fraction of sp³-hybridized carbons (Fsp3) is 0.462. The number of aryl methyl sites for hydroxylation is 1. The molecular formula is C13H16FNO. The van der Waals surface area contributed by atoms with Gasteiger partial charge in [0.05, 0.1) is 6.54 Å². The highest BCUT2D eigenvalue weighted by atomic mass is 19.1. The molecule has 1 fully saturated rings. The molecule has 2 rings (SSSR count). The Kier molecular flexibility index (Phi) is 3.34. The van der Waals surface area contributed by atoms with E-state index < -0.39 is 0 Å². The van der Waals surface area contributed by atoms with E-state index in [4.69, 9.17) is 0 Å². The molecule has 1 aromatic carbocycles. The molecule has 2 nitrogen and oxygen atoms in total. The molecule has 0 radical (unpaired) electrons. The molecule has 86 valence electrons. The average Bonchev–Trinajstić information content (AvgIpc) is 3.04. The first-order chi connectivity index (χ1) is 7.65. The number of carbonyl (C=O) groups is 1. The summed E-state index contributed by atoms with van der Waals surface area (Å²) >= 11 is 0. The van der Waals surface area contributed by atoms with E-state index in [2.05, 4.69) is 5.32 Å². The minimum atomic E-state index is -0.274. The number of halogens is 1. The van der Waals surface area contributed by atoms with E-state index in [1.807, 2.05) is 6.92 Å². The van der Waals surface area contributed by atoms with Crippen LogP contribution in [-0.2, 0) is 11.2 Å². The SMILES string of the molecule is Cc1ccc(F)cc1CC(=O)CNC1CC1. The van der Waals surface area contributed by atoms with Gasteiger partial charge in [0.1, 0.15) is 5.82 Å². The third kappa shape index (κ3) is 3.14. The van der Waals surface area contributed by atoms with Crippen LogP contribution < -0.4 is 5.32 Å². The van der Waals surface area contributed by atoms with Crippen molar-refractivity contribution in [3.05, 3.63) is 35.1 Å². The summed E-state index contributed by atoms with van der Waals surface area (Å²) in [6, 6.07) is 5.13. The Morgan fingerprint density at radius 3 is 2.94 bits per heavy atom. The Labute approximate surface area is 94.9 Å². The maximum atomic E-state index is 13.0. The highest BCUT2D eigenvalue weighted by Gasteiger charge is 2.21. The number of hydrogen-bond donors (Lipinski definition) is 1. The maximum absolute atomic E-state index is 13.0. The van der Waals surface area contributed by atoms with Crippen LogP contribution in [0.15, 0.2) is 18.2 Å². The smallest absolute Gasteiger partial charge is 0.150 e. The highest BCUT2D eigenvalue weighted by molar-refractivity contribution is 5.83. The molecule has 0 atom stereocenters. The van der Waals surface area contributed by atoms with Gasteiger partial charge in [-0.1, -0.05) is 6.07 Å². The minimum absolute atomic E-state index is 0.126. The summed E-state index contributed by atoms with van der Waals surface area (Å²) in [5, 5.41) is 3.17. The van der Waals surface area contributed by atoms with Crippen molar-refractivity contribution in [2.45, 2.75) is 32.2 Å². The van der Waals surface area contributed by atoms with Crippen molar-refractivity contribution in [1.82, 2.24) is 5.32 Å². The first-order valence-electron chi connectivity index (χ1n) is 5.65. The van der Waals surface area contributed by atoms with Crippen LogP contribution in [0, 0.1) is 12.7 Å². The summed E-state index contributed by atoms with van der Waals surface area (Å²) in [6.45, 7) is 2.30. The van der Waals surface area contributed by atoms with E-state index in [-0.39, 0.29) is 11.6 Å². The zero-order valence-corrected chi connectivity index (χ0v) is 9.42. The molecule has 0 saturated heterocycles. The molecule has 1 N–H and O–H groups in total. The molecule has 1 saturated carbocycles. The number of carbonyl (C=O) groups excluding carboxylic acids is 1. The van der Waals surface area contributed by atoms with Gasteiger partial charge in [-0.15, -0.1) is 0 Å². The fourth-order valence-electron chi connectivity index (χ4n) is 1.65. The molecule has 1 aliphatic rings. The maximum Gasteiger partial charge on any atom is 0.150 e. The normalized spacial score (nSPS) is 15.1. The molecule has 0 heterocycles. The zero-order chi connectivity index (χ0) is 11.5. The average molecular weight is 221 g/mol. The number of benzene rings is 1. The van der Waals surface area contributed by atoms with Gasteiger partial charge >= 0.3 is 0 Å². The van der Waals surface area contributed by atoms with E-state index in [1.54, 1.807) is 6.07 Å². The summed E-state index contributed by atoms with van der Waals surface area (Å²) in [4.78, 5) is 11.6. The van der Waals surface area contributed by atoms with Gasteiger partial charge in [0.2, 0.25) is 0 Å². The second kappa shape index (κ2) is 4.74. The molecule has 0 aromatic heterocycles. The van der Waals surface area contributed by atoms with Gasteiger partial charge in [0.15, 0.2) is 5.78 Å². The molecule has 0 unspecified atom stereocenters. The van der Waals surface area contributed by atoms with Crippen LogP contribution >= 0.6 is 0 Å². The number of Topliss-reactive ketones (excluding diaryl/α,β-unsaturated/α-hetero) is 1. The van der Waals surface area contributed by atoms with Crippen molar-refractivity contribution in [2.24, 2.45) is 0 Å². The number of rotatable bonds is 5.